The number of thiol groups is 1. The van der Waals surface area contributed by atoms with Crippen molar-refractivity contribution in [3.63, 3.8) is 0 Å². The quantitative estimate of drug-likeness (QED) is 0.605. The average molecular weight is 162 g/mol. The van der Waals surface area contributed by atoms with Gasteiger partial charge in [-0.25, -0.2) is 0 Å². The maximum absolute atomic E-state index is 10.4. The monoisotopic (exact) mass is 162 g/mol. The van der Waals surface area contributed by atoms with E-state index in [1.54, 1.807) is 0 Å². The fraction of sp³-hybridized carbons (Fsp3) is 0.857. The van der Waals surface area contributed by atoms with Crippen molar-refractivity contribution in [1.29, 1.82) is 0 Å². The van der Waals surface area contributed by atoms with Gasteiger partial charge in [0.15, 0.2) is 0 Å². The molecule has 0 bridgehead atoms. The molecule has 0 aliphatic rings. The molecule has 1 N–H and O–H groups in total. The summed E-state index contributed by atoms with van der Waals surface area (Å²) < 4.78 is 0. The lowest BCUT2D eigenvalue weighted by atomic mass is 10.0. The molecule has 10 heavy (non-hydrogen) atoms. The Hall–Kier alpha value is -0.180. The predicted molar refractivity (Wildman–Crippen MR) is 44.5 cm³/mol. The third-order valence-electron chi connectivity index (χ3n) is 1.55. The summed E-state index contributed by atoms with van der Waals surface area (Å²) in [6, 6.07) is 0. The largest absolute Gasteiger partial charge is 0.481 e. The minimum absolute atomic E-state index is 0.160. The predicted octanol–water partition coefficient (Wildman–Crippen LogP) is 1.81. The zero-order valence-electron chi connectivity index (χ0n) is 6.21. The van der Waals surface area contributed by atoms with E-state index in [0.29, 0.717) is 0 Å². The fourth-order valence-corrected chi connectivity index (χ4v) is 1.02. The summed E-state index contributed by atoms with van der Waals surface area (Å²) in [6.07, 6.45) is 2.38. The molecule has 0 aliphatic carbocycles. The van der Waals surface area contributed by atoms with Crippen molar-refractivity contribution in [2.24, 2.45) is 5.92 Å². The highest BCUT2D eigenvalue weighted by Crippen LogP contribution is 2.10. The van der Waals surface area contributed by atoms with Crippen LogP contribution in [-0.2, 0) is 4.79 Å². The van der Waals surface area contributed by atoms with Crippen LogP contribution in [-0.4, -0.2) is 16.8 Å². The Bertz CT molecular complexity index is 104. The lowest BCUT2D eigenvalue weighted by Crippen LogP contribution is -2.12. The molecule has 0 spiro atoms. The van der Waals surface area contributed by atoms with Gasteiger partial charge in [-0.2, -0.15) is 12.6 Å². The SMILES string of the molecule is CCC(CCCS)C(=O)O. The Labute approximate surface area is 67.0 Å². The molecule has 1 atom stereocenters. The Morgan fingerprint density at radius 2 is 2.30 bits per heavy atom. The Balaban J connectivity index is 3.50. The van der Waals surface area contributed by atoms with Gasteiger partial charge in [0.2, 0.25) is 0 Å². The Kier molecular flexibility index (Phi) is 5.49. The van der Waals surface area contributed by atoms with Crippen molar-refractivity contribution in [2.75, 3.05) is 5.75 Å². The van der Waals surface area contributed by atoms with E-state index in [1.807, 2.05) is 6.92 Å². The summed E-state index contributed by atoms with van der Waals surface area (Å²) in [4.78, 5) is 10.4. The Morgan fingerprint density at radius 3 is 2.60 bits per heavy atom. The van der Waals surface area contributed by atoms with Crippen molar-refractivity contribution in [3.05, 3.63) is 0 Å². The average Bonchev–Trinajstić information content (AvgIpc) is 1.89. The molecule has 0 amide bonds. The molecule has 0 aromatic heterocycles. The fourth-order valence-electron chi connectivity index (χ4n) is 0.840. The summed E-state index contributed by atoms with van der Waals surface area (Å²) >= 11 is 4.01. The lowest BCUT2D eigenvalue weighted by molar-refractivity contribution is -0.142. The third-order valence-corrected chi connectivity index (χ3v) is 1.87. The Morgan fingerprint density at radius 1 is 1.70 bits per heavy atom. The smallest absolute Gasteiger partial charge is 0.306 e. The first-order chi connectivity index (χ1) is 4.72. The molecule has 1 unspecified atom stereocenters. The molecule has 0 aliphatic heterocycles. The van der Waals surface area contributed by atoms with Crippen LogP contribution in [0.1, 0.15) is 26.2 Å². The summed E-state index contributed by atoms with van der Waals surface area (Å²) in [5.41, 5.74) is 0. The van der Waals surface area contributed by atoms with Gasteiger partial charge in [-0.3, -0.25) is 4.79 Å². The number of carbonyl (C=O) groups is 1. The van der Waals surface area contributed by atoms with Gasteiger partial charge in [0.25, 0.3) is 0 Å². The molecule has 60 valence electrons. The lowest BCUT2D eigenvalue weighted by Gasteiger charge is -2.06. The summed E-state index contributed by atoms with van der Waals surface area (Å²) in [5.74, 6) is -0.0551. The first kappa shape index (κ1) is 9.82. The molecule has 0 saturated heterocycles. The van der Waals surface area contributed by atoms with E-state index in [2.05, 4.69) is 12.6 Å². The number of carboxylic acids is 1. The van der Waals surface area contributed by atoms with Crippen molar-refractivity contribution >= 4 is 18.6 Å². The van der Waals surface area contributed by atoms with E-state index in [4.69, 9.17) is 5.11 Å². The first-order valence-electron chi connectivity index (χ1n) is 3.56. The van der Waals surface area contributed by atoms with Crippen molar-refractivity contribution in [1.82, 2.24) is 0 Å². The second-order valence-corrected chi connectivity index (χ2v) is 2.76. The maximum atomic E-state index is 10.4. The third kappa shape index (κ3) is 3.77. The molecule has 3 heteroatoms. The van der Waals surface area contributed by atoms with Crippen LogP contribution in [0.3, 0.4) is 0 Å². The van der Waals surface area contributed by atoms with Gasteiger partial charge >= 0.3 is 5.97 Å². The normalized spacial score (nSPS) is 13.0. The van der Waals surface area contributed by atoms with E-state index in [-0.39, 0.29) is 5.92 Å². The molecule has 0 aromatic rings. The minimum Gasteiger partial charge on any atom is -0.481 e. The molecule has 0 aromatic carbocycles. The van der Waals surface area contributed by atoms with Crippen LogP contribution < -0.4 is 0 Å². The van der Waals surface area contributed by atoms with Crippen LogP contribution in [0.4, 0.5) is 0 Å². The summed E-state index contributed by atoms with van der Waals surface area (Å²) in [7, 11) is 0. The molecule has 0 fully saturated rings. The molecular formula is C7H14O2S. The van der Waals surface area contributed by atoms with Crippen molar-refractivity contribution in [3.8, 4) is 0 Å². The molecule has 0 radical (unpaired) electrons. The number of hydrogen-bond donors (Lipinski definition) is 2. The minimum atomic E-state index is -0.677. The van der Waals surface area contributed by atoms with Crippen molar-refractivity contribution < 1.29 is 9.90 Å². The number of hydrogen-bond acceptors (Lipinski definition) is 2. The maximum Gasteiger partial charge on any atom is 0.306 e. The van der Waals surface area contributed by atoms with Crippen LogP contribution in [0, 0.1) is 5.92 Å². The standard InChI is InChI=1S/C7H14O2S/c1-2-6(7(8)9)4-3-5-10/h6,10H,2-5H2,1H3,(H,8,9). The van der Waals surface area contributed by atoms with Gasteiger partial charge in [-0.15, -0.1) is 0 Å². The van der Waals surface area contributed by atoms with E-state index in [9.17, 15) is 4.79 Å². The highest BCUT2D eigenvalue weighted by Gasteiger charge is 2.12. The van der Waals surface area contributed by atoms with Gasteiger partial charge in [0.05, 0.1) is 5.92 Å². The van der Waals surface area contributed by atoms with Crippen LogP contribution >= 0.6 is 12.6 Å². The van der Waals surface area contributed by atoms with Gasteiger partial charge in [-0.05, 0) is 25.0 Å². The highest BCUT2D eigenvalue weighted by atomic mass is 32.1. The molecular weight excluding hydrogens is 148 g/mol. The second-order valence-electron chi connectivity index (χ2n) is 2.31. The van der Waals surface area contributed by atoms with Gasteiger partial charge in [-0.1, -0.05) is 6.92 Å². The van der Waals surface area contributed by atoms with Crippen LogP contribution in [0.15, 0.2) is 0 Å². The van der Waals surface area contributed by atoms with Crippen LogP contribution in [0.2, 0.25) is 0 Å². The molecule has 0 saturated carbocycles. The molecule has 2 nitrogen and oxygen atoms in total. The van der Waals surface area contributed by atoms with E-state index in [1.165, 1.54) is 0 Å². The topological polar surface area (TPSA) is 37.3 Å². The van der Waals surface area contributed by atoms with Crippen LogP contribution in [0.25, 0.3) is 0 Å². The second kappa shape index (κ2) is 5.59. The highest BCUT2D eigenvalue weighted by molar-refractivity contribution is 7.80. The zero-order valence-corrected chi connectivity index (χ0v) is 7.10. The van der Waals surface area contributed by atoms with Crippen molar-refractivity contribution in [2.45, 2.75) is 26.2 Å². The van der Waals surface area contributed by atoms with Crippen LogP contribution in [0.5, 0.6) is 0 Å². The number of carboxylic acid groups (broad SMARTS) is 1. The summed E-state index contributed by atoms with van der Waals surface area (Å²) in [5, 5.41) is 8.57. The molecule has 0 rings (SSSR count). The number of aliphatic carboxylic acids is 1. The molecule has 0 heterocycles. The van der Waals surface area contributed by atoms with Gasteiger partial charge in [0.1, 0.15) is 0 Å². The summed E-state index contributed by atoms with van der Waals surface area (Å²) in [6.45, 7) is 1.90. The number of rotatable bonds is 5. The van der Waals surface area contributed by atoms with Gasteiger partial charge < -0.3 is 5.11 Å². The first-order valence-corrected chi connectivity index (χ1v) is 4.19. The van der Waals surface area contributed by atoms with E-state index < -0.39 is 5.97 Å². The van der Waals surface area contributed by atoms with E-state index >= 15 is 0 Å². The zero-order chi connectivity index (χ0) is 7.98. The van der Waals surface area contributed by atoms with Gasteiger partial charge in [0, 0.05) is 0 Å². The van der Waals surface area contributed by atoms with E-state index in [0.717, 1.165) is 25.0 Å².